The monoisotopic (exact) mass is 316 g/mol. The minimum Gasteiger partial charge on any atom is -0.375 e. The molecule has 0 radical (unpaired) electrons. The van der Waals surface area contributed by atoms with E-state index in [0.29, 0.717) is 12.0 Å². The summed E-state index contributed by atoms with van der Waals surface area (Å²) in [6.45, 7) is 3.49. The Morgan fingerprint density at radius 1 is 1.13 bits per heavy atom. The highest BCUT2D eigenvalue weighted by Crippen LogP contribution is 2.36. The Labute approximate surface area is 135 Å². The standard InChI is InChI=1S/C17H21FN4O/c18-15-4-1-13(2-5-15)9-22-7-8-23-17-14(3-6-16(17)22)10-21-11-19-20-12-21/h1-2,4-5,11-12,14,16-17H,3,6-10H2/t14-,16+,17-/m1/s1. The van der Waals surface area contributed by atoms with E-state index in [0.717, 1.165) is 44.6 Å². The van der Waals surface area contributed by atoms with Crippen LogP contribution in [0.15, 0.2) is 36.9 Å². The van der Waals surface area contributed by atoms with Gasteiger partial charge in [0.25, 0.3) is 0 Å². The van der Waals surface area contributed by atoms with Crippen LogP contribution < -0.4 is 0 Å². The Morgan fingerprint density at radius 3 is 2.70 bits per heavy atom. The van der Waals surface area contributed by atoms with Crippen LogP contribution in [0.5, 0.6) is 0 Å². The zero-order valence-corrected chi connectivity index (χ0v) is 13.0. The van der Waals surface area contributed by atoms with Gasteiger partial charge in [0.15, 0.2) is 0 Å². The van der Waals surface area contributed by atoms with Gasteiger partial charge in [-0.25, -0.2) is 4.39 Å². The van der Waals surface area contributed by atoms with Crippen molar-refractivity contribution in [2.75, 3.05) is 13.2 Å². The van der Waals surface area contributed by atoms with Crippen molar-refractivity contribution in [2.45, 2.75) is 38.1 Å². The zero-order chi connectivity index (χ0) is 15.6. The number of fused-ring (bicyclic) bond motifs is 1. The number of morpholine rings is 1. The Bertz CT molecular complexity index is 631. The molecule has 122 valence electrons. The molecular formula is C17H21FN4O. The number of hydrogen-bond acceptors (Lipinski definition) is 4. The van der Waals surface area contributed by atoms with Crippen LogP contribution in [0.25, 0.3) is 0 Å². The second-order valence-electron chi connectivity index (χ2n) is 6.50. The van der Waals surface area contributed by atoms with Crippen LogP contribution in [-0.4, -0.2) is 45.0 Å². The lowest BCUT2D eigenvalue weighted by Crippen LogP contribution is -2.50. The molecule has 4 rings (SSSR count). The van der Waals surface area contributed by atoms with Gasteiger partial charge < -0.3 is 9.30 Å². The first kappa shape index (κ1) is 14.8. The maximum Gasteiger partial charge on any atom is 0.123 e. The largest absolute Gasteiger partial charge is 0.375 e. The molecule has 2 fully saturated rings. The Kier molecular flexibility index (Phi) is 4.10. The van der Waals surface area contributed by atoms with Crippen molar-refractivity contribution in [3.63, 3.8) is 0 Å². The maximum atomic E-state index is 13.1. The van der Waals surface area contributed by atoms with E-state index < -0.39 is 0 Å². The van der Waals surface area contributed by atoms with Crippen molar-refractivity contribution in [1.82, 2.24) is 19.7 Å². The quantitative estimate of drug-likeness (QED) is 0.866. The fourth-order valence-electron chi connectivity index (χ4n) is 3.94. The summed E-state index contributed by atoms with van der Waals surface area (Å²) in [5.74, 6) is 0.329. The van der Waals surface area contributed by atoms with Crippen molar-refractivity contribution in [2.24, 2.45) is 5.92 Å². The molecule has 1 saturated carbocycles. The summed E-state index contributed by atoms with van der Waals surface area (Å²) in [7, 11) is 0. The summed E-state index contributed by atoms with van der Waals surface area (Å²) < 4.78 is 21.2. The van der Waals surface area contributed by atoms with Crippen molar-refractivity contribution in [3.05, 3.63) is 48.3 Å². The summed E-state index contributed by atoms with van der Waals surface area (Å²) >= 11 is 0. The number of ether oxygens (including phenoxy) is 1. The fourth-order valence-corrected chi connectivity index (χ4v) is 3.94. The molecule has 1 aromatic carbocycles. The fraction of sp³-hybridized carbons (Fsp3) is 0.529. The van der Waals surface area contributed by atoms with E-state index in [1.807, 2.05) is 16.7 Å². The molecule has 1 saturated heterocycles. The third-order valence-corrected chi connectivity index (χ3v) is 5.05. The molecule has 23 heavy (non-hydrogen) atoms. The third kappa shape index (κ3) is 3.14. The minimum atomic E-state index is -0.177. The Balaban J connectivity index is 1.43. The summed E-state index contributed by atoms with van der Waals surface area (Å²) in [6, 6.07) is 7.29. The molecule has 3 atom stereocenters. The Hall–Kier alpha value is -1.79. The molecule has 0 spiro atoms. The van der Waals surface area contributed by atoms with Crippen LogP contribution in [0.3, 0.4) is 0 Å². The van der Waals surface area contributed by atoms with Crippen LogP contribution in [0, 0.1) is 11.7 Å². The SMILES string of the molecule is Fc1ccc(CN2CCO[C@@H]3[C@@H](Cn4cnnc4)CC[C@@H]32)cc1. The lowest BCUT2D eigenvalue weighted by atomic mass is 10.0. The lowest BCUT2D eigenvalue weighted by Gasteiger charge is -2.39. The zero-order valence-electron chi connectivity index (χ0n) is 13.0. The number of aromatic nitrogens is 3. The maximum absolute atomic E-state index is 13.1. The highest BCUT2D eigenvalue weighted by atomic mass is 19.1. The molecule has 0 bridgehead atoms. The van der Waals surface area contributed by atoms with Crippen LogP contribution in [0.1, 0.15) is 18.4 Å². The molecule has 5 nitrogen and oxygen atoms in total. The molecule has 1 aromatic heterocycles. The van der Waals surface area contributed by atoms with E-state index in [4.69, 9.17) is 4.74 Å². The first-order valence-electron chi connectivity index (χ1n) is 8.22. The molecule has 2 heterocycles. The summed E-state index contributed by atoms with van der Waals surface area (Å²) in [4.78, 5) is 2.49. The van der Waals surface area contributed by atoms with Gasteiger partial charge in [-0.2, -0.15) is 0 Å². The van der Waals surface area contributed by atoms with Gasteiger partial charge in [-0.15, -0.1) is 10.2 Å². The first-order chi connectivity index (χ1) is 11.3. The van der Waals surface area contributed by atoms with Gasteiger partial charge in [0.1, 0.15) is 18.5 Å². The van der Waals surface area contributed by atoms with Gasteiger partial charge in [-0.1, -0.05) is 12.1 Å². The molecule has 1 aliphatic carbocycles. The number of hydrogen-bond donors (Lipinski definition) is 0. The second kappa shape index (κ2) is 6.37. The molecule has 1 aliphatic heterocycles. The topological polar surface area (TPSA) is 43.2 Å². The van der Waals surface area contributed by atoms with Crippen molar-refractivity contribution in [3.8, 4) is 0 Å². The number of nitrogens with zero attached hydrogens (tertiary/aromatic N) is 4. The van der Waals surface area contributed by atoms with Gasteiger partial charge in [-0.3, -0.25) is 4.90 Å². The highest BCUT2D eigenvalue weighted by Gasteiger charge is 2.42. The average molecular weight is 316 g/mol. The summed E-state index contributed by atoms with van der Waals surface area (Å²) in [5.41, 5.74) is 1.16. The van der Waals surface area contributed by atoms with Gasteiger partial charge >= 0.3 is 0 Å². The van der Waals surface area contributed by atoms with E-state index in [-0.39, 0.29) is 11.9 Å². The molecule has 0 amide bonds. The number of benzene rings is 1. The van der Waals surface area contributed by atoms with Crippen LogP contribution in [0.2, 0.25) is 0 Å². The first-order valence-corrected chi connectivity index (χ1v) is 8.22. The third-order valence-electron chi connectivity index (χ3n) is 5.05. The average Bonchev–Trinajstić information content (AvgIpc) is 3.21. The van der Waals surface area contributed by atoms with Crippen molar-refractivity contribution >= 4 is 0 Å². The van der Waals surface area contributed by atoms with Crippen LogP contribution in [-0.2, 0) is 17.8 Å². The predicted octanol–water partition coefficient (Wildman–Crippen LogP) is 2.10. The van der Waals surface area contributed by atoms with Crippen LogP contribution >= 0.6 is 0 Å². The molecule has 2 aliphatic rings. The molecule has 6 heteroatoms. The van der Waals surface area contributed by atoms with Crippen molar-refractivity contribution in [1.29, 1.82) is 0 Å². The molecule has 0 N–H and O–H groups in total. The number of halogens is 1. The van der Waals surface area contributed by atoms with Gasteiger partial charge in [0, 0.05) is 31.6 Å². The van der Waals surface area contributed by atoms with Gasteiger partial charge in [0.2, 0.25) is 0 Å². The van der Waals surface area contributed by atoms with Crippen LogP contribution in [0.4, 0.5) is 4.39 Å². The number of rotatable bonds is 4. The van der Waals surface area contributed by atoms with E-state index in [1.54, 1.807) is 12.7 Å². The molecule has 0 unspecified atom stereocenters. The molecular weight excluding hydrogens is 295 g/mol. The van der Waals surface area contributed by atoms with E-state index in [2.05, 4.69) is 15.1 Å². The molecule has 2 aromatic rings. The smallest absolute Gasteiger partial charge is 0.123 e. The van der Waals surface area contributed by atoms with E-state index in [1.165, 1.54) is 12.1 Å². The van der Waals surface area contributed by atoms with Gasteiger partial charge in [-0.05, 0) is 30.5 Å². The minimum absolute atomic E-state index is 0.177. The lowest BCUT2D eigenvalue weighted by molar-refractivity contribution is -0.0786. The predicted molar refractivity (Wildman–Crippen MR) is 83.1 cm³/mol. The highest BCUT2D eigenvalue weighted by molar-refractivity contribution is 5.16. The Morgan fingerprint density at radius 2 is 1.91 bits per heavy atom. The summed E-state index contributed by atoms with van der Waals surface area (Å²) in [5, 5.41) is 7.75. The van der Waals surface area contributed by atoms with Gasteiger partial charge in [0.05, 0.1) is 12.7 Å². The second-order valence-corrected chi connectivity index (χ2v) is 6.50. The normalized spacial score (nSPS) is 28.0. The van der Waals surface area contributed by atoms with E-state index >= 15 is 0 Å². The van der Waals surface area contributed by atoms with Crippen molar-refractivity contribution < 1.29 is 9.13 Å². The van der Waals surface area contributed by atoms with E-state index in [9.17, 15) is 4.39 Å². The summed E-state index contributed by atoms with van der Waals surface area (Å²) in [6.07, 6.45) is 6.12.